The molecule has 7 heteroatoms. The van der Waals surface area contributed by atoms with Crippen molar-refractivity contribution >= 4 is 39.2 Å². The van der Waals surface area contributed by atoms with E-state index in [9.17, 15) is 9.18 Å². The first-order valence-corrected chi connectivity index (χ1v) is 11.5. The van der Waals surface area contributed by atoms with Gasteiger partial charge in [-0.25, -0.2) is 4.39 Å². The van der Waals surface area contributed by atoms with Crippen LogP contribution in [0.2, 0.25) is 0 Å². The quantitative estimate of drug-likeness (QED) is 0.386. The van der Waals surface area contributed by atoms with E-state index < -0.39 is 0 Å². The number of ether oxygens (including phenoxy) is 1. The van der Waals surface area contributed by atoms with Crippen LogP contribution < -0.4 is 9.54 Å². The molecule has 0 saturated carbocycles. The number of carbonyl (C=O) groups is 1. The molecule has 4 rings (SSSR count). The van der Waals surface area contributed by atoms with Crippen molar-refractivity contribution in [2.45, 2.75) is 6.54 Å². The number of fused-ring (bicyclic) bond motifs is 1. The van der Waals surface area contributed by atoms with Gasteiger partial charge in [0.25, 0.3) is 5.91 Å². The fourth-order valence-electron chi connectivity index (χ4n) is 2.97. The summed E-state index contributed by atoms with van der Waals surface area (Å²) < 4.78 is 22.1. The van der Waals surface area contributed by atoms with Gasteiger partial charge in [0.2, 0.25) is 0 Å². The maximum absolute atomic E-state index is 13.6. The van der Waals surface area contributed by atoms with Crippen LogP contribution in [0.5, 0.6) is 11.5 Å². The van der Waals surface area contributed by atoms with Gasteiger partial charge in [-0.1, -0.05) is 29.5 Å². The molecule has 0 fully saturated rings. The number of thiazole rings is 1. The molecule has 0 N–H and O–H groups in total. The standard InChI is InChI=1S/C23H19FN2O2S2/c1-29-14-13-26-20-12-9-17(24)15-21(20)30-23(26)25-22(27)16-7-10-19(11-8-16)28-18-5-3-2-4-6-18/h2-12,15H,13-14H2,1H3. The molecule has 30 heavy (non-hydrogen) atoms. The number of hydrogen-bond donors (Lipinski definition) is 0. The van der Waals surface area contributed by atoms with Crippen LogP contribution in [0.1, 0.15) is 10.4 Å². The van der Waals surface area contributed by atoms with Crippen LogP contribution >= 0.6 is 23.1 Å². The van der Waals surface area contributed by atoms with Crippen molar-refractivity contribution in [1.29, 1.82) is 0 Å². The molecule has 4 nitrogen and oxygen atoms in total. The molecule has 0 bridgehead atoms. The molecule has 0 atom stereocenters. The molecule has 0 aliphatic rings. The Kier molecular flexibility index (Phi) is 6.30. The minimum Gasteiger partial charge on any atom is -0.457 e. The average Bonchev–Trinajstić information content (AvgIpc) is 3.09. The van der Waals surface area contributed by atoms with Crippen LogP contribution in [0.4, 0.5) is 4.39 Å². The second-order valence-electron chi connectivity index (χ2n) is 6.50. The van der Waals surface area contributed by atoms with E-state index in [1.54, 1.807) is 42.1 Å². The average molecular weight is 439 g/mol. The molecular weight excluding hydrogens is 419 g/mol. The first kappa shape index (κ1) is 20.4. The maximum atomic E-state index is 13.6. The van der Waals surface area contributed by atoms with Gasteiger partial charge in [-0.2, -0.15) is 16.8 Å². The summed E-state index contributed by atoms with van der Waals surface area (Å²) in [6, 6.07) is 21.0. The van der Waals surface area contributed by atoms with Crippen molar-refractivity contribution in [2.24, 2.45) is 4.99 Å². The zero-order chi connectivity index (χ0) is 20.9. The molecule has 152 valence electrons. The van der Waals surface area contributed by atoms with Gasteiger partial charge in [-0.05, 0) is 60.9 Å². The van der Waals surface area contributed by atoms with E-state index >= 15 is 0 Å². The number of amides is 1. The van der Waals surface area contributed by atoms with E-state index in [4.69, 9.17) is 4.74 Å². The third-order valence-electron chi connectivity index (χ3n) is 4.44. The van der Waals surface area contributed by atoms with Crippen LogP contribution in [-0.4, -0.2) is 22.5 Å². The fourth-order valence-corrected chi connectivity index (χ4v) is 4.42. The predicted molar refractivity (Wildman–Crippen MR) is 121 cm³/mol. The van der Waals surface area contributed by atoms with E-state index in [-0.39, 0.29) is 11.7 Å². The number of para-hydroxylation sites is 1. The summed E-state index contributed by atoms with van der Waals surface area (Å²) in [5.74, 6) is 1.60. The Morgan fingerprint density at radius 3 is 2.53 bits per heavy atom. The molecule has 1 aromatic heterocycles. The summed E-state index contributed by atoms with van der Waals surface area (Å²) in [5, 5.41) is 0. The Hall–Kier alpha value is -2.90. The second-order valence-corrected chi connectivity index (χ2v) is 8.49. The minimum absolute atomic E-state index is 0.298. The minimum atomic E-state index is -0.341. The van der Waals surface area contributed by atoms with Crippen molar-refractivity contribution in [3.8, 4) is 11.5 Å². The van der Waals surface area contributed by atoms with E-state index in [2.05, 4.69) is 4.99 Å². The van der Waals surface area contributed by atoms with Crippen LogP contribution in [0.15, 0.2) is 77.8 Å². The number of hydrogen-bond acceptors (Lipinski definition) is 4. The van der Waals surface area contributed by atoms with E-state index in [0.29, 0.717) is 22.7 Å². The first-order chi connectivity index (χ1) is 14.6. The summed E-state index contributed by atoms with van der Waals surface area (Å²) in [4.78, 5) is 17.7. The van der Waals surface area contributed by atoms with Gasteiger partial charge in [0.15, 0.2) is 4.80 Å². The molecular formula is C23H19FN2O2S2. The normalized spacial score (nSPS) is 11.7. The highest BCUT2D eigenvalue weighted by Gasteiger charge is 2.10. The molecule has 3 aromatic carbocycles. The Balaban J connectivity index is 1.62. The SMILES string of the molecule is CSCCn1c(=NC(=O)c2ccc(Oc3ccccc3)cc2)sc2cc(F)ccc21. The molecule has 1 heterocycles. The first-order valence-electron chi connectivity index (χ1n) is 9.34. The van der Waals surface area contributed by atoms with Crippen molar-refractivity contribution in [1.82, 2.24) is 4.57 Å². The number of halogens is 1. The molecule has 0 aliphatic heterocycles. The lowest BCUT2D eigenvalue weighted by molar-refractivity contribution is 0.0998. The number of aryl methyl sites for hydroxylation is 1. The summed E-state index contributed by atoms with van der Waals surface area (Å²) in [7, 11) is 0. The third-order valence-corrected chi connectivity index (χ3v) is 6.07. The number of aromatic nitrogens is 1. The number of benzene rings is 3. The van der Waals surface area contributed by atoms with Gasteiger partial charge in [0.05, 0.1) is 10.2 Å². The number of nitrogens with zero attached hydrogens (tertiary/aromatic N) is 2. The fraction of sp³-hybridized carbons (Fsp3) is 0.130. The van der Waals surface area contributed by atoms with E-state index in [1.807, 2.05) is 41.2 Å². The van der Waals surface area contributed by atoms with E-state index in [1.165, 1.54) is 23.5 Å². The monoisotopic (exact) mass is 438 g/mol. The lowest BCUT2D eigenvalue weighted by Gasteiger charge is -2.05. The Bertz CT molecular complexity index is 1230. The molecule has 4 aromatic rings. The molecule has 0 saturated heterocycles. The third kappa shape index (κ3) is 4.63. The number of carbonyl (C=O) groups excluding carboxylic acids is 1. The molecule has 0 spiro atoms. The highest BCUT2D eigenvalue weighted by Crippen LogP contribution is 2.22. The van der Waals surface area contributed by atoms with E-state index in [0.717, 1.165) is 21.7 Å². The van der Waals surface area contributed by atoms with Crippen molar-refractivity contribution in [3.05, 3.63) is 89.0 Å². The smallest absolute Gasteiger partial charge is 0.279 e. The van der Waals surface area contributed by atoms with Gasteiger partial charge in [-0.15, -0.1) is 0 Å². The van der Waals surface area contributed by atoms with Gasteiger partial charge in [0, 0.05) is 17.9 Å². The summed E-state index contributed by atoms with van der Waals surface area (Å²) in [5.41, 5.74) is 1.35. The van der Waals surface area contributed by atoms with Gasteiger partial charge < -0.3 is 9.30 Å². The molecule has 0 aliphatic carbocycles. The van der Waals surface area contributed by atoms with Crippen LogP contribution in [0, 0.1) is 5.82 Å². The van der Waals surface area contributed by atoms with Gasteiger partial charge >= 0.3 is 0 Å². The zero-order valence-corrected chi connectivity index (χ0v) is 17.9. The van der Waals surface area contributed by atoms with Crippen LogP contribution in [0.25, 0.3) is 10.2 Å². The second kappa shape index (κ2) is 9.28. The van der Waals surface area contributed by atoms with Gasteiger partial charge in [-0.3, -0.25) is 4.79 Å². The zero-order valence-electron chi connectivity index (χ0n) is 16.2. The van der Waals surface area contributed by atoms with Gasteiger partial charge in [0.1, 0.15) is 17.3 Å². The van der Waals surface area contributed by atoms with Crippen molar-refractivity contribution < 1.29 is 13.9 Å². The van der Waals surface area contributed by atoms with Crippen molar-refractivity contribution in [3.63, 3.8) is 0 Å². The molecule has 1 amide bonds. The predicted octanol–water partition coefficient (Wildman–Crippen LogP) is 5.74. The Morgan fingerprint density at radius 1 is 1.07 bits per heavy atom. The Labute approximate surface area is 181 Å². The molecule has 0 unspecified atom stereocenters. The van der Waals surface area contributed by atoms with Crippen molar-refractivity contribution in [2.75, 3.05) is 12.0 Å². The maximum Gasteiger partial charge on any atom is 0.279 e. The largest absolute Gasteiger partial charge is 0.457 e. The van der Waals surface area contributed by atoms with Crippen LogP contribution in [-0.2, 0) is 6.54 Å². The van der Waals surface area contributed by atoms with Crippen LogP contribution in [0.3, 0.4) is 0 Å². The number of rotatable bonds is 6. The lowest BCUT2D eigenvalue weighted by atomic mass is 10.2. The highest BCUT2D eigenvalue weighted by molar-refractivity contribution is 7.98. The summed E-state index contributed by atoms with van der Waals surface area (Å²) in [6.07, 6.45) is 2.02. The topological polar surface area (TPSA) is 43.6 Å². The highest BCUT2D eigenvalue weighted by atomic mass is 32.2. The summed E-state index contributed by atoms with van der Waals surface area (Å²) >= 11 is 3.02. The summed E-state index contributed by atoms with van der Waals surface area (Å²) in [6.45, 7) is 0.697. The Morgan fingerprint density at radius 2 is 1.80 bits per heavy atom. The lowest BCUT2D eigenvalue weighted by Crippen LogP contribution is -2.18. The number of thioether (sulfide) groups is 1. The molecule has 0 radical (unpaired) electrons.